The Labute approximate surface area is 114 Å². The number of allylic oxidation sites excluding steroid dienone is 1. The average Bonchev–Trinajstić information content (AvgIpc) is 2.47. The fourth-order valence-corrected chi connectivity index (χ4v) is 1.72. The van der Waals surface area contributed by atoms with Gasteiger partial charge >= 0.3 is 0 Å². The standard InChI is InChI=1S/C17H17NO/c1-3-4-14-5-9-16(10-6-14)18-13-15-7-11-17(19-2)12-8-15/h3,5-13H,1,4H2,2H3. The third kappa shape index (κ3) is 3.81. The second kappa shape index (κ2) is 6.55. The number of benzene rings is 2. The Kier molecular flexibility index (Phi) is 4.51. The molecule has 0 heterocycles. The molecule has 0 aromatic heterocycles. The number of hydrogen-bond acceptors (Lipinski definition) is 2. The van der Waals surface area contributed by atoms with Crippen LogP contribution in [0.1, 0.15) is 11.1 Å². The Morgan fingerprint density at radius 2 is 1.74 bits per heavy atom. The van der Waals surface area contributed by atoms with Crippen molar-refractivity contribution >= 4 is 11.9 Å². The van der Waals surface area contributed by atoms with Crippen molar-refractivity contribution < 1.29 is 4.74 Å². The van der Waals surface area contributed by atoms with Crippen molar-refractivity contribution in [2.24, 2.45) is 4.99 Å². The van der Waals surface area contributed by atoms with Crippen LogP contribution in [-0.4, -0.2) is 13.3 Å². The number of aliphatic imine (C=N–C) groups is 1. The minimum absolute atomic E-state index is 0.853. The van der Waals surface area contributed by atoms with E-state index >= 15 is 0 Å². The molecule has 0 fully saturated rings. The Bertz CT molecular complexity index is 553. The van der Waals surface area contributed by atoms with E-state index in [1.807, 2.05) is 48.7 Å². The van der Waals surface area contributed by atoms with Crippen LogP contribution in [0.25, 0.3) is 0 Å². The number of methoxy groups -OCH3 is 1. The van der Waals surface area contributed by atoms with Gasteiger partial charge in [0.15, 0.2) is 0 Å². The smallest absolute Gasteiger partial charge is 0.118 e. The molecule has 0 aliphatic heterocycles. The van der Waals surface area contributed by atoms with E-state index in [1.165, 1.54) is 5.56 Å². The molecule has 0 spiro atoms. The summed E-state index contributed by atoms with van der Waals surface area (Å²) < 4.78 is 5.12. The lowest BCUT2D eigenvalue weighted by molar-refractivity contribution is 0.415. The average molecular weight is 251 g/mol. The van der Waals surface area contributed by atoms with Gasteiger partial charge in [-0.3, -0.25) is 4.99 Å². The van der Waals surface area contributed by atoms with Crippen molar-refractivity contribution in [3.05, 3.63) is 72.3 Å². The first-order chi connectivity index (χ1) is 9.31. The summed E-state index contributed by atoms with van der Waals surface area (Å²) in [6.45, 7) is 3.73. The first-order valence-electron chi connectivity index (χ1n) is 6.20. The Hall–Kier alpha value is -2.35. The topological polar surface area (TPSA) is 21.6 Å². The van der Waals surface area contributed by atoms with Crippen LogP contribution in [0.3, 0.4) is 0 Å². The maximum absolute atomic E-state index is 5.12. The maximum atomic E-state index is 5.12. The third-order valence-corrected chi connectivity index (χ3v) is 2.79. The molecule has 2 rings (SSSR count). The molecule has 2 aromatic rings. The summed E-state index contributed by atoms with van der Waals surface area (Å²) in [6, 6.07) is 16.0. The summed E-state index contributed by atoms with van der Waals surface area (Å²) in [4.78, 5) is 4.44. The lowest BCUT2D eigenvalue weighted by atomic mass is 10.1. The van der Waals surface area contributed by atoms with E-state index in [2.05, 4.69) is 23.7 Å². The fourth-order valence-electron chi connectivity index (χ4n) is 1.72. The van der Waals surface area contributed by atoms with E-state index < -0.39 is 0 Å². The highest BCUT2D eigenvalue weighted by atomic mass is 16.5. The lowest BCUT2D eigenvalue weighted by Crippen LogP contribution is -1.84. The van der Waals surface area contributed by atoms with Gasteiger partial charge in [0.05, 0.1) is 12.8 Å². The minimum atomic E-state index is 0.853. The highest BCUT2D eigenvalue weighted by Gasteiger charge is 1.93. The van der Waals surface area contributed by atoms with Gasteiger partial charge in [0.1, 0.15) is 5.75 Å². The highest BCUT2D eigenvalue weighted by Crippen LogP contribution is 2.15. The van der Waals surface area contributed by atoms with Crippen molar-refractivity contribution in [3.8, 4) is 5.75 Å². The van der Waals surface area contributed by atoms with Crippen LogP contribution in [-0.2, 0) is 6.42 Å². The summed E-state index contributed by atoms with van der Waals surface area (Å²) in [7, 11) is 1.66. The summed E-state index contributed by atoms with van der Waals surface area (Å²) in [5.74, 6) is 0.853. The number of hydrogen-bond donors (Lipinski definition) is 0. The molecular weight excluding hydrogens is 234 g/mol. The molecule has 0 saturated carbocycles. The Balaban J connectivity index is 2.06. The van der Waals surface area contributed by atoms with E-state index in [0.29, 0.717) is 0 Å². The largest absolute Gasteiger partial charge is 0.497 e. The van der Waals surface area contributed by atoms with Gasteiger partial charge in [-0.1, -0.05) is 18.2 Å². The molecule has 0 bridgehead atoms. The molecule has 0 atom stereocenters. The van der Waals surface area contributed by atoms with Crippen LogP contribution < -0.4 is 4.74 Å². The molecule has 2 aromatic carbocycles. The van der Waals surface area contributed by atoms with E-state index in [1.54, 1.807) is 7.11 Å². The predicted octanol–water partition coefficient (Wildman–Crippen LogP) is 4.17. The van der Waals surface area contributed by atoms with E-state index in [-0.39, 0.29) is 0 Å². The first kappa shape index (κ1) is 13.1. The first-order valence-corrected chi connectivity index (χ1v) is 6.20. The van der Waals surface area contributed by atoms with E-state index in [9.17, 15) is 0 Å². The van der Waals surface area contributed by atoms with Crippen molar-refractivity contribution in [1.29, 1.82) is 0 Å². The van der Waals surface area contributed by atoms with E-state index in [0.717, 1.165) is 23.4 Å². The van der Waals surface area contributed by atoms with Gasteiger partial charge in [0, 0.05) is 6.21 Å². The molecule has 0 aliphatic rings. The number of nitrogens with zero attached hydrogens (tertiary/aromatic N) is 1. The zero-order valence-electron chi connectivity index (χ0n) is 11.0. The van der Waals surface area contributed by atoms with Gasteiger partial charge in [0.2, 0.25) is 0 Å². The number of rotatable bonds is 5. The second-order valence-electron chi connectivity index (χ2n) is 4.19. The molecule has 2 heteroatoms. The van der Waals surface area contributed by atoms with E-state index in [4.69, 9.17) is 4.74 Å². The van der Waals surface area contributed by atoms with Crippen LogP contribution in [0.4, 0.5) is 5.69 Å². The summed E-state index contributed by atoms with van der Waals surface area (Å²) >= 11 is 0. The Morgan fingerprint density at radius 1 is 1.05 bits per heavy atom. The third-order valence-electron chi connectivity index (χ3n) is 2.79. The fraction of sp³-hybridized carbons (Fsp3) is 0.118. The van der Waals surface area contributed by atoms with Crippen LogP contribution in [0.2, 0.25) is 0 Å². The van der Waals surface area contributed by atoms with Crippen LogP contribution in [0, 0.1) is 0 Å². The lowest BCUT2D eigenvalue weighted by Gasteiger charge is -1.99. The van der Waals surface area contributed by atoms with Crippen molar-refractivity contribution in [1.82, 2.24) is 0 Å². The van der Waals surface area contributed by atoms with Gasteiger partial charge in [0.25, 0.3) is 0 Å². The Morgan fingerprint density at radius 3 is 2.32 bits per heavy atom. The molecule has 19 heavy (non-hydrogen) atoms. The summed E-state index contributed by atoms with van der Waals surface area (Å²) in [6.07, 6.45) is 4.64. The van der Waals surface area contributed by atoms with Gasteiger partial charge < -0.3 is 4.74 Å². The molecule has 0 amide bonds. The summed E-state index contributed by atoms with van der Waals surface area (Å²) in [5.41, 5.74) is 3.25. The van der Waals surface area contributed by atoms with Crippen molar-refractivity contribution in [2.45, 2.75) is 6.42 Å². The quantitative estimate of drug-likeness (QED) is 0.577. The van der Waals surface area contributed by atoms with Crippen molar-refractivity contribution in [3.63, 3.8) is 0 Å². The maximum Gasteiger partial charge on any atom is 0.118 e. The molecule has 0 unspecified atom stereocenters. The second-order valence-corrected chi connectivity index (χ2v) is 4.19. The van der Waals surface area contributed by atoms with Gasteiger partial charge in [-0.25, -0.2) is 0 Å². The number of ether oxygens (including phenoxy) is 1. The monoisotopic (exact) mass is 251 g/mol. The molecule has 0 radical (unpaired) electrons. The molecule has 0 aliphatic carbocycles. The zero-order chi connectivity index (χ0) is 13.5. The molecule has 2 nitrogen and oxygen atoms in total. The molecular formula is C17H17NO. The molecule has 0 N–H and O–H groups in total. The SMILES string of the molecule is C=CCc1ccc(N=Cc2ccc(OC)cc2)cc1. The summed E-state index contributed by atoms with van der Waals surface area (Å²) in [5, 5.41) is 0. The predicted molar refractivity (Wildman–Crippen MR) is 80.6 cm³/mol. The zero-order valence-corrected chi connectivity index (χ0v) is 11.0. The highest BCUT2D eigenvalue weighted by molar-refractivity contribution is 5.82. The van der Waals surface area contributed by atoms with Gasteiger partial charge in [-0.2, -0.15) is 0 Å². The normalized spacial score (nSPS) is 10.6. The van der Waals surface area contributed by atoms with Crippen LogP contribution >= 0.6 is 0 Å². The van der Waals surface area contributed by atoms with Gasteiger partial charge in [-0.05, 0) is 53.9 Å². The van der Waals surface area contributed by atoms with Crippen LogP contribution in [0.5, 0.6) is 5.75 Å². The minimum Gasteiger partial charge on any atom is -0.497 e. The van der Waals surface area contributed by atoms with Gasteiger partial charge in [-0.15, -0.1) is 6.58 Å². The van der Waals surface area contributed by atoms with Crippen LogP contribution in [0.15, 0.2) is 66.2 Å². The molecule has 96 valence electrons. The molecule has 0 saturated heterocycles. The van der Waals surface area contributed by atoms with Crippen molar-refractivity contribution in [2.75, 3.05) is 7.11 Å².